The largest absolute Gasteiger partial charge is 0.341 e. The van der Waals surface area contributed by atoms with Gasteiger partial charge in [-0.3, -0.25) is 9.59 Å². The molecule has 1 N–H and O–H groups in total. The van der Waals surface area contributed by atoms with Crippen LogP contribution >= 0.6 is 23.2 Å². The number of likely N-dealkylation sites (tertiary alicyclic amines) is 1. The van der Waals surface area contributed by atoms with Gasteiger partial charge >= 0.3 is 0 Å². The molecule has 6 heteroatoms. The number of carbonyl (C=O) groups is 2. The smallest absolute Gasteiger partial charge is 0.253 e. The van der Waals surface area contributed by atoms with Gasteiger partial charge in [-0.25, -0.2) is 0 Å². The van der Waals surface area contributed by atoms with Crippen molar-refractivity contribution in [1.82, 2.24) is 10.2 Å². The SMILES string of the molecule is CC(NC(=O)c1cccc(Cl)c1Cl)C(=O)N1CCC(c2ccccc2)CC1. The molecule has 0 radical (unpaired) electrons. The molecule has 1 atom stereocenters. The Bertz CT molecular complexity index is 818. The van der Waals surface area contributed by atoms with Crippen LogP contribution in [-0.4, -0.2) is 35.8 Å². The molecule has 1 unspecified atom stereocenters. The maximum Gasteiger partial charge on any atom is 0.253 e. The summed E-state index contributed by atoms with van der Waals surface area (Å²) >= 11 is 12.0. The number of hydrogen-bond donors (Lipinski definition) is 1. The summed E-state index contributed by atoms with van der Waals surface area (Å²) in [6.07, 6.45) is 1.85. The van der Waals surface area contributed by atoms with Crippen LogP contribution in [0, 0.1) is 0 Å². The van der Waals surface area contributed by atoms with Crippen LogP contribution in [0.3, 0.4) is 0 Å². The first-order valence-electron chi connectivity index (χ1n) is 9.06. The van der Waals surface area contributed by atoms with Crippen LogP contribution in [-0.2, 0) is 4.79 Å². The molecule has 1 heterocycles. The maximum atomic E-state index is 12.7. The highest BCUT2D eigenvalue weighted by molar-refractivity contribution is 6.43. The van der Waals surface area contributed by atoms with E-state index in [0.29, 0.717) is 24.0 Å². The predicted octanol–water partition coefficient (Wildman–Crippen LogP) is 4.52. The minimum atomic E-state index is -0.624. The van der Waals surface area contributed by atoms with Crippen molar-refractivity contribution in [3.63, 3.8) is 0 Å². The van der Waals surface area contributed by atoms with E-state index in [1.165, 1.54) is 5.56 Å². The Morgan fingerprint density at radius 1 is 1.04 bits per heavy atom. The van der Waals surface area contributed by atoms with Crippen molar-refractivity contribution >= 4 is 35.0 Å². The molecule has 142 valence electrons. The van der Waals surface area contributed by atoms with Crippen LogP contribution in [0.2, 0.25) is 10.0 Å². The lowest BCUT2D eigenvalue weighted by Gasteiger charge is -2.34. The van der Waals surface area contributed by atoms with E-state index < -0.39 is 11.9 Å². The molecule has 4 nitrogen and oxygen atoms in total. The predicted molar refractivity (Wildman–Crippen MR) is 108 cm³/mol. The summed E-state index contributed by atoms with van der Waals surface area (Å²) in [4.78, 5) is 27.0. The molecule has 2 aromatic rings. The lowest BCUT2D eigenvalue weighted by molar-refractivity contribution is -0.133. The van der Waals surface area contributed by atoms with E-state index in [2.05, 4.69) is 17.4 Å². The van der Waals surface area contributed by atoms with Gasteiger partial charge in [-0.15, -0.1) is 0 Å². The molecule has 0 saturated carbocycles. The molecular weight excluding hydrogens is 383 g/mol. The van der Waals surface area contributed by atoms with Crippen molar-refractivity contribution in [2.24, 2.45) is 0 Å². The monoisotopic (exact) mass is 404 g/mol. The number of amides is 2. The summed E-state index contributed by atoms with van der Waals surface area (Å²) in [6, 6.07) is 14.6. The van der Waals surface area contributed by atoms with Crippen molar-refractivity contribution in [3.05, 3.63) is 69.7 Å². The van der Waals surface area contributed by atoms with Gasteiger partial charge in [-0.1, -0.05) is 59.6 Å². The minimum absolute atomic E-state index is 0.0759. The van der Waals surface area contributed by atoms with E-state index in [1.807, 2.05) is 23.1 Å². The van der Waals surface area contributed by atoms with Gasteiger partial charge in [0.2, 0.25) is 5.91 Å². The Kier molecular flexibility index (Phi) is 6.40. The zero-order chi connectivity index (χ0) is 19.4. The Morgan fingerprint density at radius 3 is 2.37 bits per heavy atom. The highest BCUT2D eigenvalue weighted by Gasteiger charge is 2.28. The van der Waals surface area contributed by atoms with E-state index in [0.717, 1.165) is 12.8 Å². The molecule has 0 bridgehead atoms. The van der Waals surface area contributed by atoms with Gasteiger partial charge in [0.05, 0.1) is 15.6 Å². The summed E-state index contributed by atoms with van der Waals surface area (Å²) in [5.74, 6) is 0.000878. The molecular formula is C21H22Cl2N2O2. The fourth-order valence-corrected chi connectivity index (χ4v) is 3.83. The second-order valence-electron chi connectivity index (χ2n) is 6.81. The fraction of sp³-hybridized carbons (Fsp3) is 0.333. The lowest BCUT2D eigenvalue weighted by Crippen LogP contribution is -2.49. The van der Waals surface area contributed by atoms with Crippen molar-refractivity contribution in [2.75, 3.05) is 13.1 Å². The van der Waals surface area contributed by atoms with Crippen molar-refractivity contribution in [2.45, 2.75) is 31.7 Å². The number of piperidine rings is 1. The second kappa shape index (κ2) is 8.77. The number of rotatable bonds is 4. The lowest BCUT2D eigenvalue weighted by atomic mass is 9.89. The number of halogens is 2. The molecule has 0 spiro atoms. The topological polar surface area (TPSA) is 49.4 Å². The summed E-state index contributed by atoms with van der Waals surface area (Å²) in [6.45, 7) is 3.08. The molecule has 0 aromatic heterocycles. The maximum absolute atomic E-state index is 12.7. The summed E-state index contributed by atoms with van der Waals surface area (Å²) in [7, 11) is 0. The molecule has 1 aliphatic heterocycles. The molecule has 0 aliphatic carbocycles. The number of nitrogens with zero attached hydrogens (tertiary/aromatic N) is 1. The van der Waals surface area contributed by atoms with Crippen LogP contribution in [0.5, 0.6) is 0 Å². The first-order chi connectivity index (χ1) is 13.0. The summed E-state index contributed by atoms with van der Waals surface area (Å²) in [5.41, 5.74) is 1.59. The standard InChI is InChI=1S/C21H22Cl2N2O2/c1-14(24-20(26)17-8-5-9-18(22)19(17)23)21(27)25-12-10-16(11-13-25)15-6-3-2-4-7-15/h2-9,14,16H,10-13H2,1H3,(H,24,26). The molecule has 1 fully saturated rings. The van der Waals surface area contributed by atoms with Gasteiger partial charge in [-0.2, -0.15) is 0 Å². The van der Waals surface area contributed by atoms with Crippen molar-refractivity contribution in [1.29, 1.82) is 0 Å². The van der Waals surface area contributed by atoms with Gasteiger partial charge in [0.15, 0.2) is 0 Å². The summed E-state index contributed by atoms with van der Waals surface area (Å²) < 4.78 is 0. The molecule has 3 rings (SSSR count). The fourth-order valence-electron chi connectivity index (χ4n) is 3.45. The Hall–Kier alpha value is -2.04. The van der Waals surface area contributed by atoms with E-state index in [-0.39, 0.29) is 16.5 Å². The Morgan fingerprint density at radius 2 is 1.70 bits per heavy atom. The van der Waals surface area contributed by atoms with E-state index >= 15 is 0 Å². The van der Waals surface area contributed by atoms with Crippen LogP contribution in [0.1, 0.15) is 41.6 Å². The third-order valence-electron chi connectivity index (χ3n) is 4.99. The first kappa shape index (κ1) is 19.7. The van der Waals surface area contributed by atoms with Gasteiger partial charge in [-0.05, 0) is 43.4 Å². The zero-order valence-corrected chi connectivity index (χ0v) is 16.6. The minimum Gasteiger partial charge on any atom is -0.341 e. The van der Waals surface area contributed by atoms with Crippen LogP contribution in [0.15, 0.2) is 48.5 Å². The molecule has 1 saturated heterocycles. The second-order valence-corrected chi connectivity index (χ2v) is 7.59. The Labute approximate surface area is 169 Å². The van der Waals surface area contributed by atoms with E-state index in [4.69, 9.17) is 23.2 Å². The number of carbonyl (C=O) groups excluding carboxylic acids is 2. The van der Waals surface area contributed by atoms with Crippen LogP contribution in [0.4, 0.5) is 0 Å². The quantitative estimate of drug-likeness (QED) is 0.813. The highest BCUT2D eigenvalue weighted by atomic mass is 35.5. The van der Waals surface area contributed by atoms with Gasteiger partial charge < -0.3 is 10.2 Å². The van der Waals surface area contributed by atoms with Crippen LogP contribution in [0.25, 0.3) is 0 Å². The first-order valence-corrected chi connectivity index (χ1v) is 9.81. The van der Waals surface area contributed by atoms with Crippen molar-refractivity contribution in [3.8, 4) is 0 Å². The number of hydrogen-bond acceptors (Lipinski definition) is 2. The third kappa shape index (κ3) is 4.63. The average molecular weight is 405 g/mol. The third-order valence-corrected chi connectivity index (χ3v) is 5.81. The van der Waals surface area contributed by atoms with E-state index in [1.54, 1.807) is 25.1 Å². The Balaban J connectivity index is 1.56. The molecule has 2 amide bonds. The summed E-state index contributed by atoms with van der Waals surface area (Å²) in [5, 5.41) is 3.24. The zero-order valence-electron chi connectivity index (χ0n) is 15.1. The molecule has 27 heavy (non-hydrogen) atoms. The van der Waals surface area contributed by atoms with E-state index in [9.17, 15) is 9.59 Å². The van der Waals surface area contributed by atoms with Crippen molar-refractivity contribution < 1.29 is 9.59 Å². The average Bonchev–Trinajstić information content (AvgIpc) is 2.70. The normalized spacial score (nSPS) is 16.0. The number of benzene rings is 2. The van der Waals surface area contributed by atoms with Crippen LogP contribution < -0.4 is 5.32 Å². The highest BCUT2D eigenvalue weighted by Crippen LogP contribution is 2.28. The molecule has 2 aromatic carbocycles. The van der Waals surface area contributed by atoms with Gasteiger partial charge in [0.1, 0.15) is 6.04 Å². The van der Waals surface area contributed by atoms with Gasteiger partial charge in [0.25, 0.3) is 5.91 Å². The van der Waals surface area contributed by atoms with Gasteiger partial charge in [0, 0.05) is 13.1 Å². The number of nitrogens with one attached hydrogen (secondary N) is 1. The molecule has 1 aliphatic rings.